The van der Waals surface area contributed by atoms with Crippen molar-refractivity contribution in [2.24, 2.45) is 0 Å². The number of nitrogens with one attached hydrogen (secondary N) is 1. The van der Waals surface area contributed by atoms with Gasteiger partial charge in [0.15, 0.2) is 11.6 Å². The summed E-state index contributed by atoms with van der Waals surface area (Å²) < 4.78 is 30.0. The van der Waals surface area contributed by atoms with Crippen LogP contribution in [0.4, 0.5) is 14.5 Å². The Morgan fingerprint density at radius 3 is 2.70 bits per heavy atom. The molecular weight excluding hydrogens is 350 g/mol. The van der Waals surface area contributed by atoms with E-state index in [0.717, 1.165) is 43.6 Å². The fraction of sp³-hybridized carbons (Fsp3) is 0.350. The molecule has 5 nitrogen and oxygen atoms in total. The number of phenols is 1. The number of aryl methyl sites for hydroxylation is 1. The van der Waals surface area contributed by atoms with E-state index in [1.165, 1.54) is 24.3 Å². The number of halogens is 2. The van der Waals surface area contributed by atoms with Gasteiger partial charge in [-0.15, -0.1) is 0 Å². The molecule has 2 aliphatic rings. The third-order valence-corrected chi connectivity index (χ3v) is 5.76. The largest absolute Gasteiger partial charge is 0.505 e. The van der Waals surface area contributed by atoms with Crippen molar-refractivity contribution in [2.75, 3.05) is 24.5 Å². The lowest BCUT2D eigenvalue weighted by atomic mass is 10.1. The minimum Gasteiger partial charge on any atom is -0.505 e. The van der Waals surface area contributed by atoms with Gasteiger partial charge in [-0.2, -0.15) is 5.10 Å². The molecule has 1 aliphatic heterocycles. The van der Waals surface area contributed by atoms with Crippen LogP contribution in [-0.2, 0) is 0 Å². The molecule has 2 heterocycles. The Bertz CT molecular complexity index is 1060. The third kappa shape index (κ3) is 2.49. The Balaban J connectivity index is 1.65. The first-order valence-electron chi connectivity index (χ1n) is 9.15. The van der Waals surface area contributed by atoms with E-state index in [-0.39, 0.29) is 11.4 Å². The van der Waals surface area contributed by atoms with Crippen molar-refractivity contribution in [1.82, 2.24) is 15.1 Å². The number of piperazine rings is 1. The molecule has 3 aromatic rings. The van der Waals surface area contributed by atoms with Gasteiger partial charge in [-0.05, 0) is 38.0 Å². The second-order valence-electron chi connectivity index (χ2n) is 7.51. The molecule has 1 aromatic heterocycles. The Labute approximate surface area is 155 Å². The Kier molecular flexibility index (Phi) is 3.46. The minimum absolute atomic E-state index is 0.0411. The van der Waals surface area contributed by atoms with Gasteiger partial charge in [0, 0.05) is 37.2 Å². The highest BCUT2D eigenvalue weighted by Crippen LogP contribution is 2.46. The van der Waals surface area contributed by atoms with Gasteiger partial charge in [0.2, 0.25) is 0 Å². The molecule has 1 spiro atoms. The summed E-state index contributed by atoms with van der Waals surface area (Å²) in [5.41, 5.74) is 2.50. The van der Waals surface area contributed by atoms with Gasteiger partial charge in [-0.25, -0.2) is 13.5 Å². The van der Waals surface area contributed by atoms with E-state index >= 15 is 4.39 Å². The van der Waals surface area contributed by atoms with Crippen molar-refractivity contribution in [3.05, 3.63) is 47.7 Å². The van der Waals surface area contributed by atoms with Gasteiger partial charge in [0.1, 0.15) is 5.82 Å². The van der Waals surface area contributed by atoms with E-state index in [2.05, 4.69) is 15.3 Å². The molecule has 140 valence electrons. The highest BCUT2D eigenvalue weighted by atomic mass is 19.1. The topological polar surface area (TPSA) is 53.3 Å². The zero-order valence-electron chi connectivity index (χ0n) is 15.0. The summed E-state index contributed by atoms with van der Waals surface area (Å²) in [5.74, 6) is -1.45. The minimum atomic E-state index is -0.700. The lowest BCUT2D eigenvalue weighted by molar-refractivity contribution is 0.432. The molecule has 0 atom stereocenters. The van der Waals surface area contributed by atoms with Crippen molar-refractivity contribution in [1.29, 1.82) is 0 Å². The summed E-state index contributed by atoms with van der Waals surface area (Å²) in [6, 6.07) is 7.35. The molecule has 1 aliphatic carbocycles. The van der Waals surface area contributed by atoms with E-state index in [1.54, 1.807) is 4.68 Å². The van der Waals surface area contributed by atoms with E-state index in [1.807, 2.05) is 13.0 Å². The summed E-state index contributed by atoms with van der Waals surface area (Å²) in [4.78, 5) is 2.19. The first-order chi connectivity index (χ1) is 13.0. The van der Waals surface area contributed by atoms with Crippen LogP contribution in [0.2, 0.25) is 0 Å². The average Bonchev–Trinajstić information content (AvgIpc) is 3.34. The molecule has 7 heteroatoms. The molecule has 0 unspecified atom stereocenters. The summed E-state index contributed by atoms with van der Waals surface area (Å²) in [5, 5.41) is 18.4. The maximum Gasteiger partial charge on any atom is 0.164 e. The average molecular weight is 370 g/mol. The summed E-state index contributed by atoms with van der Waals surface area (Å²) in [6.07, 6.45) is 2.15. The molecule has 5 rings (SSSR count). The fourth-order valence-corrected chi connectivity index (χ4v) is 4.12. The highest BCUT2D eigenvalue weighted by Gasteiger charge is 2.49. The SMILES string of the molecule is Cc1nn(-c2ccc(F)c(O)c2)c2cc(F)c(N3CCNCC34CC4)cc12. The molecule has 27 heavy (non-hydrogen) atoms. The maximum absolute atomic E-state index is 15.1. The number of phenolic OH excluding ortho intramolecular Hbond substituents is 1. The first kappa shape index (κ1) is 16.5. The number of aromatic nitrogens is 2. The molecule has 1 saturated heterocycles. The quantitative estimate of drug-likeness (QED) is 0.727. The lowest BCUT2D eigenvalue weighted by Crippen LogP contribution is -2.53. The van der Waals surface area contributed by atoms with E-state index in [9.17, 15) is 9.50 Å². The molecule has 2 fully saturated rings. The first-order valence-corrected chi connectivity index (χ1v) is 9.15. The van der Waals surface area contributed by atoms with Gasteiger partial charge in [-0.1, -0.05) is 0 Å². The van der Waals surface area contributed by atoms with E-state index < -0.39 is 11.6 Å². The number of hydrogen-bond acceptors (Lipinski definition) is 4. The molecule has 2 aromatic carbocycles. The van der Waals surface area contributed by atoms with Crippen LogP contribution in [0.5, 0.6) is 5.75 Å². The number of fused-ring (bicyclic) bond motifs is 1. The van der Waals surface area contributed by atoms with Gasteiger partial charge in [-0.3, -0.25) is 0 Å². The second-order valence-corrected chi connectivity index (χ2v) is 7.51. The van der Waals surface area contributed by atoms with Crippen LogP contribution in [-0.4, -0.2) is 40.1 Å². The van der Waals surface area contributed by atoms with E-state index in [0.29, 0.717) is 16.9 Å². The van der Waals surface area contributed by atoms with Gasteiger partial charge in [0.25, 0.3) is 0 Å². The second kappa shape index (κ2) is 5.66. The fourth-order valence-electron chi connectivity index (χ4n) is 4.12. The van der Waals surface area contributed by atoms with Crippen molar-refractivity contribution in [3.8, 4) is 11.4 Å². The van der Waals surface area contributed by atoms with Crippen LogP contribution in [0.15, 0.2) is 30.3 Å². The smallest absolute Gasteiger partial charge is 0.164 e. The van der Waals surface area contributed by atoms with Crippen LogP contribution in [0.25, 0.3) is 16.6 Å². The number of benzene rings is 2. The van der Waals surface area contributed by atoms with Crippen LogP contribution >= 0.6 is 0 Å². The predicted molar refractivity (Wildman–Crippen MR) is 99.6 cm³/mol. The molecule has 1 saturated carbocycles. The van der Waals surface area contributed by atoms with E-state index in [4.69, 9.17) is 0 Å². The van der Waals surface area contributed by atoms with Crippen molar-refractivity contribution >= 4 is 16.6 Å². The van der Waals surface area contributed by atoms with Gasteiger partial charge >= 0.3 is 0 Å². The summed E-state index contributed by atoms with van der Waals surface area (Å²) >= 11 is 0. The zero-order chi connectivity index (χ0) is 18.8. The number of anilines is 1. The lowest BCUT2D eigenvalue weighted by Gasteiger charge is -2.38. The zero-order valence-corrected chi connectivity index (χ0v) is 15.0. The summed E-state index contributed by atoms with van der Waals surface area (Å²) in [7, 11) is 0. The molecular formula is C20H20F2N4O. The maximum atomic E-state index is 15.1. The van der Waals surface area contributed by atoms with Crippen LogP contribution < -0.4 is 10.2 Å². The van der Waals surface area contributed by atoms with Crippen LogP contribution in [0.1, 0.15) is 18.5 Å². The molecule has 0 amide bonds. The normalized spacial score (nSPS) is 18.4. The van der Waals surface area contributed by atoms with Gasteiger partial charge in [0.05, 0.1) is 28.1 Å². The molecule has 0 radical (unpaired) electrons. The Hall–Kier alpha value is -2.67. The number of rotatable bonds is 2. The van der Waals surface area contributed by atoms with Crippen LogP contribution in [0, 0.1) is 18.6 Å². The predicted octanol–water partition coefficient (Wildman–Crippen LogP) is 3.26. The van der Waals surface area contributed by atoms with Crippen molar-refractivity contribution < 1.29 is 13.9 Å². The van der Waals surface area contributed by atoms with Gasteiger partial charge < -0.3 is 15.3 Å². The molecule has 2 N–H and O–H groups in total. The Morgan fingerprint density at radius 2 is 1.96 bits per heavy atom. The standard InChI is InChI=1S/C20H20F2N4O/c1-12-14-9-18(25-7-6-23-11-20(25)4-5-20)16(22)10-17(14)26(24-12)13-2-3-15(21)19(27)8-13/h2-3,8-10,23,27H,4-7,11H2,1H3. The third-order valence-electron chi connectivity index (χ3n) is 5.76. The highest BCUT2D eigenvalue weighted by molar-refractivity contribution is 5.87. The Morgan fingerprint density at radius 1 is 1.15 bits per heavy atom. The van der Waals surface area contributed by atoms with Crippen molar-refractivity contribution in [2.45, 2.75) is 25.3 Å². The number of hydrogen-bond donors (Lipinski definition) is 2. The summed E-state index contributed by atoms with van der Waals surface area (Å²) in [6.45, 7) is 4.37. The molecule has 0 bridgehead atoms. The van der Waals surface area contributed by atoms with Crippen LogP contribution in [0.3, 0.4) is 0 Å². The number of aromatic hydroxyl groups is 1. The number of nitrogens with zero attached hydrogens (tertiary/aromatic N) is 3. The van der Waals surface area contributed by atoms with Crippen molar-refractivity contribution in [3.63, 3.8) is 0 Å². The monoisotopic (exact) mass is 370 g/mol.